The molecule has 2 heterocycles. The van der Waals surface area contributed by atoms with Crippen molar-refractivity contribution in [1.82, 2.24) is 10.6 Å². The van der Waals surface area contributed by atoms with Gasteiger partial charge in [-0.2, -0.15) is 0 Å². The van der Waals surface area contributed by atoms with Gasteiger partial charge >= 0.3 is 0 Å². The highest BCUT2D eigenvalue weighted by Gasteiger charge is 2.21. The van der Waals surface area contributed by atoms with E-state index in [0.717, 1.165) is 17.0 Å². The first-order valence-electron chi connectivity index (χ1n) is 7.62. The quantitative estimate of drug-likeness (QED) is 0.871. The van der Waals surface area contributed by atoms with Gasteiger partial charge in [0.2, 0.25) is 5.91 Å². The van der Waals surface area contributed by atoms with Gasteiger partial charge in [0.1, 0.15) is 0 Å². The molecule has 1 amide bonds. The first kappa shape index (κ1) is 16.5. The fourth-order valence-corrected chi connectivity index (χ4v) is 3.55. The van der Waals surface area contributed by atoms with E-state index >= 15 is 0 Å². The molecule has 0 saturated carbocycles. The van der Waals surface area contributed by atoms with E-state index < -0.39 is 0 Å². The van der Waals surface area contributed by atoms with Crippen molar-refractivity contribution in [3.05, 3.63) is 57.2 Å². The SMILES string of the molecule is O=C(CC1COCCN1)NC(c1ccc(Cl)cc1)c1cccs1. The summed E-state index contributed by atoms with van der Waals surface area (Å²) in [6.45, 7) is 2.09. The summed E-state index contributed by atoms with van der Waals surface area (Å²) in [7, 11) is 0. The predicted molar refractivity (Wildman–Crippen MR) is 93.0 cm³/mol. The van der Waals surface area contributed by atoms with Crippen LogP contribution in [0.1, 0.15) is 22.9 Å². The van der Waals surface area contributed by atoms with Crippen molar-refractivity contribution in [2.24, 2.45) is 0 Å². The van der Waals surface area contributed by atoms with E-state index in [0.29, 0.717) is 24.7 Å². The molecule has 6 heteroatoms. The van der Waals surface area contributed by atoms with Crippen LogP contribution in [0.25, 0.3) is 0 Å². The molecule has 3 rings (SSSR count). The van der Waals surface area contributed by atoms with Gasteiger partial charge in [0.15, 0.2) is 0 Å². The number of hydrogen-bond acceptors (Lipinski definition) is 4. The molecule has 4 nitrogen and oxygen atoms in total. The minimum Gasteiger partial charge on any atom is -0.378 e. The number of rotatable bonds is 5. The van der Waals surface area contributed by atoms with Gasteiger partial charge < -0.3 is 15.4 Å². The molecule has 0 aliphatic carbocycles. The van der Waals surface area contributed by atoms with Crippen LogP contribution in [0.5, 0.6) is 0 Å². The van der Waals surface area contributed by atoms with Gasteiger partial charge in [0.25, 0.3) is 0 Å². The number of thiophene rings is 1. The second-order valence-electron chi connectivity index (χ2n) is 5.50. The first-order valence-corrected chi connectivity index (χ1v) is 8.87. The highest BCUT2D eigenvalue weighted by atomic mass is 35.5. The minimum atomic E-state index is -0.149. The van der Waals surface area contributed by atoms with Gasteiger partial charge in [-0.05, 0) is 29.1 Å². The smallest absolute Gasteiger partial charge is 0.222 e. The molecule has 1 fully saturated rings. The summed E-state index contributed by atoms with van der Waals surface area (Å²) in [4.78, 5) is 13.5. The van der Waals surface area contributed by atoms with E-state index in [1.165, 1.54) is 0 Å². The van der Waals surface area contributed by atoms with E-state index in [2.05, 4.69) is 10.6 Å². The highest BCUT2D eigenvalue weighted by molar-refractivity contribution is 7.10. The van der Waals surface area contributed by atoms with Crippen molar-refractivity contribution < 1.29 is 9.53 Å². The summed E-state index contributed by atoms with van der Waals surface area (Å²) < 4.78 is 5.40. The normalized spacial score (nSPS) is 19.3. The van der Waals surface area contributed by atoms with E-state index in [4.69, 9.17) is 16.3 Å². The topological polar surface area (TPSA) is 50.4 Å². The van der Waals surface area contributed by atoms with Crippen LogP contribution < -0.4 is 10.6 Å². The van der Waals surface area contributed by atoms with Crippen LogP contribution in [0.4, 0.5) is 0 Å². The lowest BCUT2D eigenvalue weighted by Crippen LogP contribution is -2.44. The van der Waals surface area contributed by atoms with Crippen LogP contribution >= 0.6 is 22.9 Å². The summed E-state index contributed by atoms with van der Waals surface area (Å²) in [5.74, 6) is 0.0151. The number of carbonyl (C=O) groups is 1. The van der Waals surface area contributed by atoms with Crippen LogP contribution in [-0.2, 0) is 9.53 Å². The number of hydrogen-bond donors (Lipinski definition) is 2. The zero-order valence-corrected chi connectivity index (χ0v) is 14.2. The van der Waals surface area contributed by atoms with E-state index in [1.54, 1.807) is 11.3 Å². The van der Waals surface area contributed by atoms with Crippen LogP contribution in [0, 0.1) is 0 Å². The van der Waals surface area contributed by atoms with Crippen LogP contribution in [-0.4, -0.2) is 31.7 Å². The molecule has 0 bridgehead atoms. The van der Waals surface area contributed by atoms with Crippen molar-refractivity contribution in [3.63, 3.8) is 0 Å². The van der Waals surface area contributed by atoms with E-state index in [1.807, 2.05) is 41.8 Å². The van der Waals surface area contributed by atoms with Crippen LogP contribution in [0.15, 0.2) is 41.8 Å². The Bertz CT molecular complexity index is 625. The Morgan fingerprint density at radius 2 is 2.22 bits per heavy atom. The molecular formula is C17H19ClN2O2S. The third kappa shape index (κ3) is 4.54. The number of morpholine rings is 1. The summed E-state index contributed by atoms with van der Waals surface area (Å²) >= 11 is 7.60. The third-order valence-electron chi connectivity index (χ3n) is 3.77. The number of benzene rings is 1. The Labute approximate surface area is 144 Å². The molecule has 1 saturated heterocycles. The van der Waals surface area contributed by atoms with Gasteiger partial charge in [-0.1, -0.05) is 29.8 Å². The number of amides is 1. The second-order valence-corrected chi connectivity index (χ2v) is 6.91. The van der Waals surface area contributed by atoms with E-state index in [-0.39, 0.29) is 18.0 Å². The average Bonchev–Trinajstić information content (AvgIpc) is 3.09. The molecule has 2 N–H and O–H groups in total. The fourth-order valence-electron chi connectivity index (χ4n) is 2.62. The Hall–Kier alpha value is -1.40. The monoisotopic (exact) mass is 350 g/mol. The Kier molecular flexibility index (Phi) is 5.67. The predicted octanol–water partition coefficient (Wildman–Crippen LogP) is 2.99. The lowest BCUT2D eigenvalue weighted by molar-refractivity contribution is -0.122. The highest BCUT2D eigenvalue weighted by Crippen LogP contribution is 2.27. The second kappa shape index (κ2) is 7.93. The molecule has 2 atom stereocenters. The van der Waals surface area contributed by atoms with Gasteiger partial charge in [-0.25, -0.2) is 0 Å². The largest absolute Gasteiger partial charge is 0.378 e. The molecule has 1 aliphatic heterocycles. The zero-order valence-electron chi connectivity index (χ0n) is 12.6. The number of carbonyl (C=O) groups excluding carboxylic acids is 1. The van der Waals surface area contributed by atoms with Crippen molar-refractivity contribution >= 4 is 28.8 Å². The van der Waals surface area contributed by atoms with Crippen LogP contribution in [0.2, 0.25) is 5.02 Å². The molecule has 2 unspecified atom stereocenters. The lowest BCUT2D eigenvalue weighted by atomic mass is 10.0. The maximum atomic E-state index is 12.4. The molecule has 23 heavy (non-hydrogen) atoms. The molecular weight excluding hydrogens is 332 g/mol. The Balaban J connectivity index is 1.71. The van der Waals surface area contributed by atoms with Gasteiger partial charge in [-0.3, -0.25) is 4.79 Å². The van der Waals surface area contributed by atoms with Crippen molar-refractivity contribution in [2.45, 2.75) is 18.5 Å². The maximum absolute atomic E-state index is 12.4. The summed E-state index contributed by atoms with van der Waals surface area (Å²) in [6, 6.07) is 11.6. The fraction of sp³-hybridized carbons (Fsp3) is 0.353. The van der Waals surface area contributed by atoms with Gasteiger partial charge in [0, 0.05) is 28.9 Å². The first-order chi connectivity index (χ1) is 11.2. The summed E-state index contributed by atoms with van der Waals surface area (Å²) in [5.41, 5.74) is 1.03. The molecule has 122 valence electrons. The zero-order chi connectivity index (χ0) is 16.1. The van der Waals surface area contributed by atoms with Crippen molar-refractivity contribution in [3.8, 4) is 0 Å². The standard InChI is InChI=1S/C17H19ClN2O2S/c18-13-5-3-12(4-6-13)17(15-2-1-9-23-15)20-16(21)10-14-11-22-8-7-19-14/h1-6,9,14,17,19H,7-8,10-11H2,(H,20,21). The summed E-state index contributed by atoms with van der Waals surface area (Å²) in [6.07, 6.45) is 0.412. The molecule has 0 radical (unpaired) electrons. The summed E-state index contributed by atoms with van der Waals surface area (Å²) in [5, 5.41) is 9.14. The number of halogens is 1. The van der Waals surface area contributed by atoms with Gasteiger partial charge in [-0.15, -0.1) is 11.3 Å². The molecule has 1 aromatic heterocycles. The third-order valence-corrected chi connectivity index (χ3v) is 4.96. The molecule has 2 aromatic rings. The number of ether oxygens (including phenoxy) is 1. The van der Waals surface area contributed by atoms with Gasteiger partial charge in [0.05, 0.1) is 19.3 Å². The Morgan fingerprint density at radius 3 is 2.87 bits per heavy atom. The van der Waals surface area contributed by atoms with Crippen molar-refractivity contribution in [1.29, 1.82) is 0 Å². The van der Waals surface area contributed by atoms with Crippen LogP contribution in [0.3, 0.4) is 0 Å². The minimum absolute atomic E-state index is 0.0151. The maximum Gasteiger partial charge on any atom is 0.222 e. The molecule has 1 aromatic carbocycles. The molecule has 0 spiro atoms. The average molecular weight is 351 g/mol. The Morgan fingerprint density at radius 1 is 1.39 bits per heavy atom. The lowest BCUT2D eigenvalue weighted by Gasteiger charge is -2.25. The number of nitrogens with one attached hydrogen (secondary N) is 2. The van der Waals surface area contributed by atoms with E-state index in [9.17, 15) is 4.79 Å². The van der Waals surface area contributed by atoms with Crippen molar-refractivity contribution in [2.75, 3.05) is 19.8 Å². The molecule has 1 aliphatic rings.